The van der Waals surface area contributed by atoms with Crippen molar-refractivity contribution in [2.45, 2.75) is 19.8 Å². The number of carbonyl (C=O) groups is 2. The van der Waals surface area contributed by atoms with Crippen LogP contribution in [0.5, 0.6) is 0 Å². The molecule has 8 nitrogen and oxygen atoms in total. The number of nitrogens with zero attached hydrogens (tertiary/aromatic N) is 6. The summed E-state index contributed by atoms with van der Waals surface area (Å²) in [6.45, 7) is 3.68. The SMILES string of the molecule is Cc1cnc(C(=O)N2CC[C@@]3(CC(=O)N(c4cnn(C)c4)C3)C2)cn1. The van der Waals surface area contributed by atoms with Crippen LogP contribution < -0.4 is 4.90 Å². The topological polar surface area (TPSA) is 84.2 Å². The summed E-state index contributed by atoms with van der Waals surface area (Å²) >= 11 is 0. The molecule has 2 fully saturated rings. The quantitative estimate of drug-likeness (QED) is 0.807. The van der Waals surface area contributed by atoms with Crippen molar-refractivity contribution in [2.75, 3.05) is 24.5 Å². The molecule has 2 aromatic heterocycles. The van der Waals surface area contributed by atoms with Crippen molar-refractivity contribution in [3.8, 4) is 0 Å². The van der Waals surface area contributed by atoms with Gasteiger partial charge >= 0.3 is 0 Å². The van der Waals surface area contributed by atoms with Crippen molar-refractivity contribution in [3.63, 3.8) is 0 Å². The minimum Gasteiger partial charge on any atom is -0.337 e. The summed E-state index contributed by atoms with van der Waals surface area (Å²) in [6.07, 6.45) is 7.95. The molecule has 0 saturated carbocycles. The molecule has 2 amide bonds. The molecule has 1 atom stereocenters. The molecule has 4 heterocycles. The maximum Gasteiger partial charge on any atom is 0.274 e. The fraction of sp³-hybridized carbons (Fsp3) is 0.471. The highest BCUT2D eigenvalue weighted by Gasteiger charge is 2.49. The summed E-state index contributed by atoms with van der Waals surface area (Å²) in [5.74, 6) is -0.0194. The zero-order valence-corrected chi connectivity index (χ0v) is 14.3. The van der Waals surface area contributed by atoms with Crippen molar-refractivity contribution in [2.24, 2.45) is 12.5 Å². The molecule has 1 spiro atoms. The van der Waals surface area contributed by atoms with E-state index in [0.717, 1.165) is 17.8 Å². The van der Waals surface area contributed by atoms with Gasteiger partial charge in [0.15, 0.2) is 0 Å². The molecule has 0 aliphatic carbocycles. The van der Waals surface area contributed by atoms with Gasteiger partial charge in [-0.05, 0) is 13.3 Å². The lowest BCUT2D eigenvalue weighted by Gasteiger charge is -2.23. The molecule has 0 N–H and O–H groups in total. The molecule has 130 valence electrons. The van der Waals surface area contributed by atoms with E-state index in [1.54, 1.807) is 26.9 Å². The highest BCUT2D eigenvalue weighted by atomic mass is 16.2. The predicted octanol–water partition coefficient (Wildman–Crippen LogP) is 0.788. The van der Waals surface area contributed by atoms with Crippen LogP contribution in [0.25, 0.3) is 0 Å². The predicted molar refractivity (Wildman–Crippen MR) is 89.9 cm³/mol. The van der Waals surface area contributed by atoms with Gasteiger partial charge < -0.3 is 9.80 Å². The third-order valence-corrected chi connectivity index (χ3v) is 5.05. The standard InChI is InChI=1S/C17H20N6O2/c1-12-6-19-14(8-18-12)16(25)22-4-3-17(10-22)5-15(24)23(11-17)13-7-20-21(2)9-13/h6-9H,3-5,10-11H2,1-2H3/t17-/m1/s1. The molecule has 2 aliphatic heterocycles. The van der Waals surface area contributed by atoms with Gasteiger partial charge in [0.2, 0.25) is 5.91 Å². The van der Waals surface area contributed by atoms with Gasteiger partial charge in [-0.3, -0.25) is 19.3 Å². The fourth-order valence-corrected chi connectivity index (χ4v) is 3.73. The van der Waals surface area contributed by atoms with E-state index in [1.165, 1.54) is 6.20 Å². The molecule has 8 heteroatoms. The largest absolute Gasteiger partial charge is 0.337 e. The molecule has 0 aromatic carbocycles. The van der Waals surface area contributed by atoms with E-state index in [0.29, 0.717) is 31.7 Å². The Kier molecular flexibility index (Phi) is 3.55. The normalized spacial score (nSPS) is 23.0. The average molecular weight is 340 g/mol. The number of hydrogen-bond donors (Lipinski definition) is 0. The van der Waals surface area contributed by atoms with E-state index < -0.39 is 0 Å². The number of amides is 2. The zero-order chi connectivity index (χ0) is 17.6. The zero-order valence-electron chi connectivity index (χ0n) is 14.3. The van der Waals surface area contributed by atoms with Gasteiger partial charge in [-0.25, -0.2) is 4.98 Å². The third kappa shape index (κ3) is 2.77. The Morgan fingerprint density at radius 1 is 1.20 bits per heavy atom. The second-order valence-corrected chi connectivity index (χ2v) is 7.05. The number of rotatable bonds is 2. The van der Waals surface area contributed by atoms with E-state index in [4.69, 9.17) is 0 Å². The molecule has 2 aromatic rings. The average Bonchev–Trinajstić information content (AvgIpc) is 3.27. The molecule has 0 radical (unpaired) electrons. The maximum atomic E-state index is 12.6. The number of carbonyl (C=O) groups excluding carboxylic acids is 2. The lowest BCUT2D eigenvalue weighted by molar-refractivity contribution is -0.117. The van der Waals surface area contributed by atoms with Crippen molar-refractivity contribution in [1.29, 1.82) is 0 Å². The van der Waals surface area contributed by atoms with Gasteiger partial charge in [0.1, 0.15) is 5.69 Å². The highest BCUT2D eigenvalue weighted by Crippen LogP contribution is 2.42. The van der Waals surface area contributed by atoms with Gasteiger partial charge in [-0.1, -0.05) is 0 Å². The van der Waals surface area contributed by atoms with Gasteiger partial charge in [0.05, 0.1) is 23.8 Å². The number of anilines is 1. The Morgan fingerprint density at radius 2 is 2.04 bits per heavy atom. The molecule has 0 unspecified atom stereocenters. The highest BCUT2D eigenvalue weighted by molar-refractivity contribution is 5.97. The molecular formula is C17H20N6O2. The van der Waals surface area contributed by atoms with Crippen LogP contribution in [0.3, 0.4) is 0 Å². The molecule has 25 heavy (non-hydrogen) atoms. The van der Waals surface area contributed by atoms with Crippen LogP contribution in [0.1, 0.15) is 29.0 Å². The van der Waals surface area contributed by atoms with Crippen LogP contribution in [0.15, 0.2) is 24.8 Å². The Bertz CT molecular complexity index is 830. The summed E-state index contributed by atoms with van der Waals surface area (Å²) in [5.41, 5.74) is 1.78. The lowest BCUT2D eigenvalue weighted by Crippen LogP contribution is -2.34. The number of hydrogen-bond acceptors (Lipinski definition) is 5. The van der Waals surface area contributed by atoms with Gasteiger partial charge in [-0.15, -0.1) is 0 Å². The van der Waals surface area contributed by atoms with E-state index in [9.17, 15) is 9.59 Å². The summed E-state index contributed by atoms with van der Waals surface area (Å²) < 4.78 is 1.69. The Balaban J connectivity index is 1.49. The van der Waals surface area contributed by atoms with E-state index in [1.807, 2.05) is 20.2 Å². The van der Waals surface area contributed by atoms with Crippen LogP contribution >= 0.6 is 0 Å². The van der Waals surface area contributed by atoms with Gasteiger partial charge in [-0.2, -0.15) is 5.10 Å². The molecule has 4 rings (SSSR count). The van der Waals surface area contributed by atoms with E-state index in [2.05, 4.69) is 15.1 Å². The van der Waals surface area contributed by atoms with E-state index in [-0.39, 0.29) is 17.2 Å². The van der Waals surface area contributed by atoms with Crippen molar-refractivity contribution in [1.82, 2.24) is 24.6 Å². The second-order valence-electron chi connectivity index (χ2n) is 7.05. The van der Waals surface area contributed by atoms with Crippen LogP contribution in [0.4, 0.5) is 5.69 Å². The summed E-state index contributed by atoms with van der Waals surface area (Å²) in [6, 6.07) is 0. The Labute approximate surface area is 145 Å². The first kappa shape index (κ1) is 15.7. The minimum absolute atomic E-state index is 0.0948. The van der Waals surface area contributed by atoms with Crippen LogP contribution in [0, 0.1) is 12.3 Å². The first-order valence-corrected chi connectivity index (χ1v) is 8.33. The van der Waals surface area contributed by atoms with Gasteiger partial charge in [0.25, 0.3) is 5.91 Å². The maximum absolute atomic E-state index is 12.6. The molecular weight excluding hydrogens is 320 g/mol. The second kappa shape index (κ2) is 5.65. The summed E-state index contributed by atoms with van der Waals surface area (Å²) in [5, 5.41) is 4.14. The Morgan fingerprint density at radius 3 is 2.72 bits per heavy atom. The fourth-order valence-electron chi connectivity index (χ4n) is 3.73. The van der Waals surface area contributed by atoms with E-state index >= 15 is 0 Å². The van der Waals surface area contributed by atoms with Crippen LogP contribution in [-0.4, -0.2) is 56.1 Å². The molecule has 2 saturated heterocycles. The van der Waals surface area contributed by atoms with Gasteiger partial charge in [0, 0.05) is 50.9 Å². The van der Waals surface area contributed by atoms with Crippen molar-refractivity contribution < 1.29 is 9.59 Å². The summed E-state index contributed by atoms with van der Waals surface area (Å²) in [7, 11) is 1.83. The van der Waals surface area contributed by atoms with Crippen LogP contribution in [-0.2, 0) is 11.8 Å². The summed E-state index contributed by atoms with van der Waals surface area (Å²) in [4.78, 5) is 37.0. The minimum atomic E-state index is -0.180. The monoisotopic (exact) mass is 340 g/mol. The first-order chi connectivity index (χ1) is 12.0. The molecule has 2 aliphatic rings. The number of aryl methyl sites for hydroxylation is 2. The number of aromatic nitrogens is 4. The third-order valence-electron chi connectivity index (χ3n) is 5.05. The number of likely N-dealkylation sites (tertiary alicyclic amines) is 1. The molecule has 0 bridgehead atoms. The Hall–Kier alpha value is -2.77. The lowest BCUT2D eigenvalue weighted by atomic mass is 9.86. The first-order valence-electron chi connectivity index (χ1n) is 8.33. The van der Waals surface area contributed by atoms with Crippen molar-refractivity contribution in [3.05, 3.63) is 36.2 Å². The van der Waals surface area contributed by atoms with Crippen LogP contribution in [0.2, 0.25) is 0 Å². The smallest absolute Gasteiger partial charge is 0.274 e. The van der Waals surface area contributed by atoms with Crippen molar-refractivity contribution >= 4 is 17.5 Å².